The third-order valence-corrected chi connectivity index (χ3v) is 6.80. The van der Waals surface area contributed by atoms with Crippen LogP contribution in [0, 0.1) is 22.7 Å². The summed E-state index contributed by atoms with van der Waals surface area (Å²) >= 11 is 0. The van der Waals surface area contributed by atoms with Crippen LogP contribution in [-0.2, 0) is 9.47 Å². The molecule has 192 valence electrons. The smallest absolute Gasteiger partial charge is 0.242 e. The van der Waals surface area contributed by atoms with Crippen LogP contribution in [0.5, 0.6) is 0 Å². The minimum atomic E-state index is -2.24. The summed E-state index contributed by atoms with van der Waals surface area (Å²) in [6.07, 6.45) is -3.16. The van der Waals surface area contributed by atoms with Crippen molar-refractivity contribution in [2.45, 2.75) is 79.4 Å². The highest BCUT2D eigenvalue weighted by Gasteiger charge is 2.44. The highest BCUT2D eigenvalue weighted by Crippen LogP contribution is 2.40. The van der Waals surface area contributed by atoms with Gasteiger partial charge in [-0.05, 0) is 67.7 Å². The minimum Gasteiger partial charge on any atom is -0.378 e. The molecule has 2 aliphatic heterocycles. The summed E-state index contributed by atoms with van der Waals surface area (Å²) < 4.78 is 63.1. The van der Waals surface area contributed by atoms with Crippen molar-refractivity contribution >= 4 is 0 Å². The molecule has 2 aliphatic rings. The van der Waals surface area contributed by atoms with Gasteiger partial charge in [0.25, 0.3) is 0 Å². The third-order valence-electron chi connectivity index (χ3n) is 6.80. The van der Waals surface area contributed by atoms with Gasteiger partial charge >= 0.3 is 0 Å². The van der Waals surface area contributed by atoms with Gasteiger partial charge in [-0.25, -0.2) is 17.6 Å². The molecule has 4 unspecified atom stereocenters. The average Bonchev–Trinajstić information content (AvgIpc) is 2.64. The van der Waals surface area contributed by atoms with Crippen molar-refractivity contribution in [2.24, 2.45) is 22.7 Å². The Morgan fingerprint density at radius 3 is 1.28 bits per heavy atom. The van der Waals surface area contributed by atoms with E-state index in [0.717, 1.165) is 13.1 Å². The molecule has 0 radical (unpaired) electrons. The molecule has 0 spiro atoms. The van der Waals surface area contributed by atoms with Crippen LogP contribution in [0.2, 0.25) is 0 Å². The number of piperidine rings is 2. The Hall–Kier alpha value is -0.440. The fourth-order valence-electron chi connectivity index (χ4n) is 4.92. The van der Waals surface area contributed by atoms with Crippen molar-refractivity contribution in [3.05, 3.63) is 0 Å². The summed E-state index contributed by atoms with van der Waals surface area (Å²) in [5.41, 5.74) is -0.850. The van der Waals surface area contributed by atoms with E-state index in [1.807, 2.05) is 55.6 Å². The molecule has 2 fully saturated rings. The Morgan fingerprint density at radius 1 is 0.719 bits per heavy atom. The molecular formula is C24H46F4N2O2. The zero-order valence-corrected chi connectivity index (χ0v) is 21.3. The lowest BCUT2D eigenvalue weighted by Gasteiger charge is -2.45. The lowest BCUT2D eigenvalue weighted by atomic mass is 9.73. The second kappa shape index (κ2) is 12.9. The molecule has 2 rings (SSSR count). The minimum absolute atomic E-state index is 0.0994. The molecule has 2 heterocycles. The largest absolute Gasteiger partial charge is 0.378 e. The monoisotopic (exact) mass is 470 g/mol. The van der Waals surface area contributed by atoms with Crippen LogP contribution >= 0.6 is 0 Å². The van der Waals surface area contributed by atoms with Crippen LogP contribution in [0.1, 0.15) is 54.4 Å². The maximum absolute atomic E-state index is 13.0. The van der Waals surface area contributed by atoms with Crippen molar-refractivity contribution in [2.75, 3.05) is 53.5 Å². The second-order valence-corrected chi connectivity index (χ2v) is 11.0. The maximum atomic E-state index is 13.0. The van der Waals surface area contributed by atoms with E-state index in [1.54, 1.807) is 0 Å². The van der Waals surface area contributed by atoms with Gasteiger partial charge in [0.1, 0.15) is 0 Å². The van der Waals surface area contributed by atoms with Crippen LogP contribution in [0.4, 0.5) is 17.6 Å². The van der Waals surface area contributed by atoms with Gasteiger partial charge in [-0.1, -0.05) is 13.8 Å². The van der Waals surface area contributed by atoms with Gasteiger partial charge in [0.05, 0.1) is 25.4 Å². The SMILES string of the molecule is CC(C)OCC1(C)CN(C)CCC1C(F)F.CC(C)OCC1(C)CN(C)CCC1C(F)F. The predicted molar refractivity (Wildman–Crippen MR) is 122 cm³/mol. The van der Waals surface area contributed by atoms with Crippen LogP contribution < -0.4 is 0 Å². The molecule has 0 aromatic rings. The van der Waals surface area contributed by atoms with Crippen molar-refractivity contribution in [1.29, 1.82) is 0 Å². The number of nitrogens with zero attached hydrogens (tertiary/aromatic N) is 2. The molecular weight excluding hydrogens is 424 g/mol. The standard InChI is InChI=1S/2C12H23F2NO/c2*1-9(2)16-8-12(3)7-15(4)6-5-10(12)11(13)14/h2*9-11H,5-8H2,1-4H3. The molecule has 0 aliphatic carbocycles. The number of ether oxygens (including phenoxy) is 2. The summed E-state index contributed by atoms with van der Waals surface area (Å²) in [6.45, 7) is 15.3. The Labute approximate surface area is 193 Å². The highest BCUT2D eigenvalue weighted by molar-refractivity contribution is 4.91. The fourth-order valence-corrected chi connectivity index (χ4v) is 4.92. The van der Waals surface area contributed by atoms with Gasteiger partial charge in [-0.2, -0.15) is 0 Å². The summed E-state index contributed by atoms with van der Waals surface area (Å²) in [6, 6.07) is 0. The Kier molecular flexibility index (Phi) is 11.9. The molecule has 0 saturated carbocycles. The van der Waals surface area contributed by atoms with Crippen molar-refractivity contribution in [3.8, 4) is 0 Å². The van der Waals surface area contributed by atoms with E-state index < -0.39 is 35.5 Å². The molecule has 0 aromatic carbocycles. The van der Waals surface area contributed by atoms with Gasteiger partial charge < -0.3 is 19.3 Å². The van der Waals surface area contributed by atoms with E-state index in [0.29, 0.717) is 39.1 Å². The Bertz CT molecular complexity index is 492. The first kappa shape index (κ1) is 29.6. The molecule has 4 nitrogen and oxygen atoms in total. The number of alkyl halides is 4. The first-order valence-electron chi connectivity index (χ1n) is 11.9. The molecule has 0 amide bonds. The summed E-state index contributed by atoms with van der Waals surface area (Å²) in [5, 5.41) is 0. The zero-order chi connectivity index (χ0) is 24.7. The van der Waals surface area contributed by atoms with Crippen molar-refractivity contribution in [3.63, 3.8) is 0 Å². The first-order chi connectivity index (χ1) is 14.7. The van der Waals surface area contributed by atoms with E-state index in [-0.39, 0.29) is 12.2 Å². The van der Waals surface area contributed by atoms with Crippen molar-refractivity contribution in [1.82, 2.24) is 9.80 Å². The summed E-state index contributed by atoms with van der Waals surface area (Å²) in [7, 11) is 3.96. The van der Waals surface area contributed by atoms with Crippen LogP contribution in [0.15, 0.2) is 0 Å². The molecule has 8 heteroatoms. The van der Waals surface area contributed by atoms with Gasteiger partial charge in [-0.15, -0.1) is 0 Å². The van der Waals surface area contributed by atoms with Gasteiger partial charge in [-0.3, -0.25) is 0 Å². The maximum Gasteiger partial charge on any atom is 0.242 e. The van der Waals surface area contributed by atoms with Crippen molar-refractivity contribution < 1.29 is 27.0 Å². The number of hydrogen-bond donors (Lipinski definition) is 0. The molecule has 32 heavy (non-hydrogen) atoms. The number of hydrogen-bond acceptors (Lipinski definition) is 4. The number of likely N-dealkylation sites (tertiary alicyclic amines) is 2. The van der Waals surface area contributed by atoms with Crippen LogP contribution in [0.25, 0.3) is 0 Å². The quantitative estimate of drug-likeness (QED) is 0.451. The summed E-state index contributed by atoms with van der Waals surface area (Å²) in [5.74, 6) is -1.08. The van der Waals surface area contributed by atoms with E-state index in [9.17, 15) is 17.6 Å². The highest BCUT2D eigenvalue weighted by atomic mass is 19.3. The molecule has 0 N–H and O–H groups in total. The third kappa shape index (κ3) is 9.07. The van der Waals surface area contributed by atoms with Crippen LogP contribution in [-0.4, -0.2) is 88.3 Å². The normalized spacial score (nSPS) is 32.6. The van der Waals surface area contributed by atoms with Gasteiger partial charge in [0.2, 0.25) is 12.9 Å². The van der Waals surface area contributed by atoms with Gasteiger partial charge in [0.15, 0.2) is 0 Å². The fraction of sp³-hybridized carbons (Fsp3) is 1.00. The van der Waals surface area contributed by atoms with E-state index >= 15 is 0 Å². The molecule has 0 bridgehead atoms. The van der Waals surface area contributed by atoms with Crippen LogP contribution in [0.3, 0.4) is 0 Å². The number of rotatable bonds is 8. The summed E-state index contributed by atoms with van der Waals surface area (Å²) in [4.78, 5) is 4.23. The Balaban J connectivity index is 0.000000320. The molecule has 2 saturated heterocycles. The van der Waals surface area contributed by atoms with E-state index in [4.69, 9.17) is 9.47 Å². The number of halogens is 4. The predicted octanol–water partition coefficient (Wildman–Crippen LogP) is 5.27. The lowest BCUT2D eigenvalue weighted by molar-refractivity contribution is -0.0972. The van der Waals surface area contributed by atoms with E-state index in [1.165, 1.54) is 0 Å². The molecule has 4 atom stereocenters. The zero-order valence-electron chi connectivity index (χ0n) is 21.3. The first-order valence-corrected chi connectivity index (χ1v) is 11.9. The topological polar surface area (TPSA) is 24.9 Å². The van der Waals surface area contributed by atoms with Gasteiger partial charge in [0, 0.05) is 35.8 Å². The lowest BCUT2D eigenvalue weighted by Crippen LogP contribution is -2.50. The average molecular weight is 471 g/mol. The second-order valence-electron chi connectivity index (χ2n) is 11.0. The Morgan fingerprint density at radius 2 is 1.03 bits per heavy atom. The van der Waals surface area contributed by atoms with E-state index in [2.05, 4.69) is 9.80 Å². The molecule has 0 aromatic heterocycles.